The molecule has 1 aliphatic carbocycles. The normalized spacial score (nSPS) is 21.7. The molecule has 0 aromatic carbocycles. The molecule has 0 bridgehead atoms. The maximum atomic E-state index is 5.92. The van der Waals surface area contributed by atoms with E-state index >= 15 is 0 Å². The first-order valence-electron chi connectivity index (χ1n) is 8.21. The second-order valence-corrected chi connectivity index (χ2v) is 8.19. The zero-order valence-corrected chi connectivity index (χ0v) is 15.2. The molecule has 0 radical (unpaired) electrons. The molecule has 6 heteroatoms. The molecule has 5 nitrogen and oxygen atoms in total. The number of allylic oxidation sites excluding steroid dienone is 2. The van der Waals surface area contributed by atoms with Gasteiger partial charge in [-0.25, -0.2) is 0 Å². The fourth-order valence-electron chi connectivity index (χ4n) is 2.91. The Balaban J connectivity index is 1.97. The van der Waals surface area contributed by atoms with E-state index in [1.165, 1.54) is 5.57 Å². The molecule has 0 spiro atoms. The van der Waals surface area contributed by atoms with Crippen LogP contribution in [0.4, 0.5) is 0 Å². The van der Waals surface area contributed by atoms with Gasteiger partial charge in [0.15, 0.2) is 0 Å². The van der Waals surface area contributed by atoms with Gasteiger partial charge in [-0.05, 0) is 39.3 Å². The van der Waals surface area contributed by atoms with E-state index in [1.54, 1.807) is 0 Å². The van der Waals surface area contributed by atoms with Gasteiger partial charge in [0.2, 0.25) is 0 Å². The molecule has 0 aromatic heterocycles. The molecule has 2 rings (SSSR count). The second-order valence-electron chi connectivity index (χ2n) is 5.46. The number of fused-ring (bicyclic) bond motifs is 1. The summed E-state index contributed by atoms with van der Waals surface area (Å²) in [6.45, 7) is 11.6. The molecule has 22 heavy (non-hydrogen) atoms. The van der Waals surface area contributed by atoms with Crippen LogP contribution in [0.15, 0.2) is 28.8 Å². The van der Waals surface area contributed by atoms with E-state index in [9.17, 15) is 0 Å². The van der Waals surface area contributed by atoms with Crippen LogP contribution in [-0.2, 0) is 13.3 Å². The summed E-state index contributed by atoms with van der Waals surface area (Å²) in [5.74, 6) is 0. The Morgan fingerprint density at radius 1 is 1.18 bits per heavy atom. The number of nitrogens with zero attached hydrogens (tertiary/aromatic N) is 2. The lowest BCUT2D eigenvalue weighted by molar-refractivity contribution is 0.0683. The van der Waals surface area contributed by atoms with Crippen LogP contribution in [0.25, 0.3) is 0 Å². The topological polar surface area (TPSA) is 43.3 Å². The first-order chi connectivity index (χ1) is 10.6. The van der Waals surface area contributed by atoms with Crippen molar-refractivity contribution in [3.63, 3.8) is 0 Å². The average molecular weight is 324 g/mol. The number of hydrogen-bond acceptors (Lipinski definition) is 5. The van der Waals surface area contributed by atoms with E-state index in [1.807, 2.05) is 20.8 Å². The van der Waals surface area contributed by atoms with Crippen molar-refractivity contribution in [3.8, 4) is 0 Å². The Morgan fingerprint density at radius 3 is 2.41 bits per heavy atom. The van der Waals surface area contributed by atoms with Crippen LogP contribution < -0.4 is 0 Å². The van der Waals surface area contributed by atoms with Gasteiger partial charge in [0, 0.05) is 32.4 Å². The van der Waals surface area contributed by atoms with Crippen molar-refractivity contribution in [3.05, 3.63) is 23.8 Å². The maximum absolute atomic E-state index is 5.92. The third kappa shape index (κ3) is 4.14. The van der Waals surface area contributed by atoms with Crippen LogP contribution in [0.5, 0.6) is 0 Å². The minimum atomic E-state index is -2.57. The quantitative estimate of drug-likeness (QED) is 0.612. The number of aliphatic imine (C=N–C) groups is 1. The van der Waals surface area contributed by atoms with Crippen molar-refractivity contribution in [2.45, 2.75) is 39.8 Å². The molecule has 0 fully saturated rings. The van der Waals surface area contributed by atoms with Crippen LogP contribution in [0.2, 0.25) is 6.04 Å². The lowest BCUT2D eigenvalue weighted by Crippen LogP contribution is -2.49. The highest BCUT2D eigenvalue weighted by Crippen LogP contribution is 2.23. The van der Waals surface area contributed by atoms with Gasteiger partial charge < -0.3 is 13.3 Å². The molecular weight excluding hydrogens is 296 g/mol. The summed E-state index contributed by atoms with van der Waals surface area (Å²) in [6, 6.07) is 1.10. The molecular formula is C16H28N2O3Si. The van der Waals surface area contributed by atoms with Gasteiger partial charge in [0.25, 0.3) is 0 Å². The third-order valence-electron chi connectivity index (χ3n) is 3.85. The highest BCUT2D eigenvalue weighted by molar-refractivity contribution is 6.60. The summed E-state index contributed by atoms with van der Waals surface area (Å²) < 4.78 is 17.8. The fraction of sp³-hybridized carbons (Fsp3) is 0.688. The first-order valence-corrected chi connectivity index (χ1v) is 10.1. The zero-order valence-electron chi connectivity index (χ0n) is 14.2. The van der Waals surface area contributed by atoms with E-state index in [0.717, 1.165) is 25.0 Å². The van der Waals surface area contributed by atoms with E-state index in [-0.39, 0.29) is 0 Å². The summed E-state index contributed by atoms with van der Waals surface area (Å²) in [5, 5.41) is 0. The minimum Gasteiger partial charge on any atom is -0.374 e. The number of hydrogen-bond donors (Lipinski definition) is 0. The summed E-state index contributed by atoms with van der Waals surface area (Å²) in [4.78, 5) is 6.99. The van der Waals surface area contributed by atoms with E-state index in [0.29, 0.717) is 25.9 Å². The van der Waals surface area contributed by atoms with Gasteiger partial charge in [0.1, 0.15) is 0 Å². The van der Waals surface area contributed by atoms with Crippen molar-refractivity contribution in [1.82, 2.24) is 4.90 Å². The summed E-state index contributed by atoms with van der Waals surface area (Å²) in [6.07, 6.45) is 6.57. The molecule has 0 aromatic rings. The predicted molar refractivity (Wildman–Crippen MR) is 91.1 cm³/mol. The third-order valence-corrected chi connectivity index (χ3v) is 6.87. The van der Waals surface area contributed by atoms with Crippen molar-refractivity contribution in [1.29, 1.82) is 0 Å². The van der Waals surface area contributed by atoms with Gasteiger partial charge in [-0.15, -0.1) is 0 Å². The molecule has 0 saturated heterocycles. The van der Waals surface area contributed by atoms with Gasteiger partial charge in [-0.3, -0.25) is 9.89 Å². The molecule has 0 N–H and O–H groups in total. The second kappa shape index (κ2) is 8.17. The first kappa shape index (κ1) is 17.6. The Labute approximate surface area is 135 Å². The Hall–Kier alpha value is -0.793. The standard InChI is InChI=1S/C16H28N2O3Si/c1-5-19-22(20-6-2,21-7-3)11-10-18-13-17-15-12-14(4)8-9-16(15)18/h8-9,12,16H,5-7,10-11,13H2,1-4H3. The summed E-state index contributed by atoms with van der Waals surface area (Å²) in [5.41, 5.74) is 2.43. The van der Waals surface area contributed by atoms with Crippen LogP contribution in [-0.4, -0.2) is 58.5 Å². The van der Waals surface area contributed by atoms with Crippen molar-refractivity contribution in [2.24, 2.45) is 4.99 Å². The summed E-state index contributed by atoms with van der Waals surface area (Å²) >= 11 is 0. The van der Waals surface area contributed by atoms with Crippen molar-refractivity contribution in [2.75, 3.05) is 33.0 Å². The lowest BCUT2D eigenvalue weighted by Gasteiger charge is -2.31. The monoisotopic (exact) mass is 324 g/mol. The minimum absolute atomic E-state index is 0.292. The van der Waals surface area contributed by atoms with Gasteiger partial charge in [-0.2, -0.15) is 0 Å². The molecule has 124 valence electrons. The lowest BCUT2D eigenvalue weighted by atomic mass is 10.0. The van der Waals surface area contributed by atoms with Crippen molar-refractivity contribution >= 4 is 14.5 Å². The van der Waals surface area contributed by atoms with Gasteiger partial charge in [-0.1, -0.05) is 12.2 Å². The molecule has 2 aliphatic rings. The molecule has 1 atom stereocenters. The van der Waals surface area contributed by atoms with E-state index in [4.69, 9.17) is 13.3 Å². The molecule has 1 aliphatic heterocycles. The Bertz CT molecular complexity index is 445. The Kier molecular flexibility index (Phi) is 6.52. The van der Waals surface area contributed by atoms with Crippen molar-refractivity contribution < 1.29 is 13.3 Å². The van der Waals surface area contributed by atoms with Crippen LogP contribution in [0.1, 0.15) is 27.7 Å². The molecule has 1 heterocycles. The molecule has 0 amide bonds. The molecule has 1 unspecified atom stereocenters. The number of rotatable bonds is 9. The van der Waals surface area contributed by atoms with Gasteiger partial charge in [0.05, 0.1) is 18.4 Å². The predicted octanol–water partition coefficient (Wildman–Crippen LogP) is 2.63. The highest BCUT2D eigenvalue weighted by Gasteiger charge is 2.41. The molecule has 0 saturated carbocycles. The van der Waals surface area contributed by atoms with Crippen LogP contribution in [0, 0.1) is 0 Å². The van der Waals surface area contributed by atoms with E-state index in [2.05, 4.69) is 35.0 Å². The zero-order chi connectivity index (χ0) is 16.0. The SMILES string of the molecule is CCO[Si](CCN1CN=C2C=C(C)C=CC21)(OCC)OCC. The van der Waals surface area contributed by atoms with Crippen LogP contribution in [0.3, 0.4) is 0 Å². The average Bonchev–Trinajstić information content (AvgIpc) is 2.88. The summed E-state index contributed by atoms with van der Waals surface area (Å²) in [7, 11) is -2.57. The highest BCUT2D eigenvalue weighted by atomic mass is 28.4. The van der Waals surface area contributed by atoms with Crippen LogP contribution >= 0.6 is 0 Å². The van der Waals surface area contributed by atoms with E-state index < -0.39 is 8.80 Å². The van der Waals surface area contributed by atoms with Gasteiger partial charge >= 0.3 is 8.80 Å². The fourth-order valence-corrected chi connectivity index (χ4v) is 5.47. The smallest absolute Gasteiger partial charge is 0.374 e. The Morgan fingerprint density at radius 2 is 1.82 bits per heavy atom. The maximum Gasteiger partial charge on any atom is 0.502 e. The largest absolute Gasteiger partial charge is 0.502 e.